The van der Waals surface area contributed by atoms with Crippen molar-refractivity contribution in [2.24, 2.45) is 0 Å². The molecule has 0 bridgehead atoms. The van der Waals surface area contributed by atoms with Crippen LogP contribution in [-0.2, 0) is 24.4 Å². The molecule has 1 fully saturated rings. The van der Waals surface area contributed by atoms with Gasteiger partial charge in [0.05, 0.1) is 25.7 Å². The minimum atomic E-state index is -4.05. The Balaban J connectivity index is 1.90. The number of carbonyl (C=O) groups is 2. The first-order valence-electron chi connectivity index (χ1n) is 10.2. The number of methoxy groups -OCH3 is 2. The Morgan fingerprint density at radius 3 is 2.59 bits per heavy atom. The predicted molar refractivity (Wildman–Crippen MR) is 127 cm³/mol. The summed E-state index contributed by atoms with van der Waals surface area (Å²) < 4.78 is 46.9. The zero-order chi connectivity index (χ0) is 25.0. The van der Waals surface area contributed by atoms with Crippen LogP contribution in [0.3, 0.4) is 0 Å². The van der Waals surface area contributed by atoms with E-state index in [0.29, 0.717) is 30.3 Å². The highest BCUT2D eigenvalue weighted by atomic mass is 32.2. The van der Waals surface area contributed by atoms with E-state index >= 15 is 0 Å². The number of carbonyl (C=O) groups excluding carboxylic acids is 2. The number of unbranched alkanes of at least 4 members (excludes halogenated alkanes) is 1. The Morgan fingerprint density at radius 2 is 1.94 bits per heavy atom. The van der Waals surface area contributed by atoms with Gasteiger partial charge in [0.15, 0.2) is 10.9 Å². The largest absolute Gasteiger partial charge is 0.497 e. The number of esters is 1. The lowest BCUT2D eigenvalue weighted by Gasteiger charge is -2.18. The van der Waals surface area contributed by atoms with Crippen molar-refractivity contribution >= 4 is 45.0 Å². The molecule has 13 heteroatoms. The Kier molecular flexibility index (Phi) is 7.79. The van der Waals surface area contributed by atoms with Crippen LogP contribution in [0.2, 0.25) is 0 Å². The molecule has 2 heterocycles. The van der Waals surface area contributed by atoms with Crippen molar-refractivity contribution in [1.82, 2.24) is 9.80 Å². The summed E-state index contributed by atoms with van der Waals surface area (Å²) in [5, 5.41) is 0.169. The van der Waals surface area contributed by atoms with Crippen molar-refractivity contribution in [3.8, 4) is 11.5 Å². The van der Waals surface area contributed by atoms with Gasteiger partial charge in [-0.2, -0.15) is 8.42 Å². The number of nitrogens with zero attached hydrogens (tertiary/aromatic N) is 3. The Bertz CT molecular complexity index is 1160. The van der Waals surface area contributed by atoms with Crippen LogP contribution in [0.1, 0.15) is 12.8 Å². The van der Waals surface area contributed by atoms with Crippen LogP contribution >= 0.6 is 12.2 Å². The molecule has 0 radical (unpaired) electrons. The van der Waals surface area contributed by atoms with E-state index in [9.17, 15) is 18.0 Å². The molecule has 11 nitrogen and oxygen atoms in total. The van der Waals surface area contributed by atoms with Crippen LogP contribution in [0.25, 0.3) is 0 Å². The molecule has 0 atom stereocenters. The lowest BCUT2D eigenvalue weighted by molar-refractivity contribution is -0.140. The van der Waals surface area contributed by atoms with E-state index in [0.717, 1.165) is 5.69 Å². The molecule has 0 aromatic heterocycles. The van der Waals surface area contributed by atoms with Gasteiger partial charge in [-0.15, -0.1) is 0 Å². The van der Waals surface area contributed by atoms with E-state index in [2.05, 4.69) is 0 Å². The second kappa shape index (κ2) is 10.4. The fourth-order valence-electron chi connectivity index (χ4n) is 3.44. The van der Waals surface area contributed by atoms with Crippen LogP contribution in [0.4, 0.5) is 5.69 Å². The molecule has 34 heavy (non-hydrogen) atoms. The smallest absolute Gasteiger partial charge is 0.325 e. The summed E-state index contributed by atoms with van der Waals surface area (Å²) in [6.07, 6.45) is 3.78. The van der Waals surface area contributed by atoms with E-state index in [1.165, 1.54) is 37.1 Å². The van der Waals surface area contributed by atoms with Gasteiger partial charge < -0.3 is 24.0 Å². The second-order valence-electron chi connectivity index (χ2n) is 7.45. The third-order valence-corrected chi connectivity index (χ3v) is 6.50. The van der Waals surface area contributed by atoms with Crippen molar-refractivity contribution in [3.63, 3.8) is 0 Å². The molecular formula is C21H25N3O8S2. The predicted octanol–water partition coefficient (Wildman–Crippen LogP) is 1.52. The first-order valence-corrected chi connectivity index (χ1v) is 12.2. The minimum Gasteiger partial charge on any atom is -0.497 e. The topological polar surface area (TPSA) is 126 Å². The van der Waals surface area contributed by atoms with Gasteiger partial charge in [0, 0.05) is 25.7 Å². The molecule has 1 aromatic rings. The molecule has 3 rings (SSSR count). The number of anilines is 1. The number of benzene rings is 1. The van der Waals surface area contributed by atoms with E-state index in [4.69, 9.17) is 31.0 Å². The minimum absolute atomic E-state index is 0.169. The summed E-state index contributed by atoms with van der Waals surface area (Å²) in [6, 6.07) is 5.28. The summed E-state index contributed by atoms with van der Waals surface area (Å²) >= 11 is 5.28. The number of rotatable bonds is 9. The average molecular weight is 512 g/mol. The molecule has 0 spiro atoms. The first-order chi connectivity index (χ1) is 16.1. The lowest BCUT2D eigenvalue weighted by atomic mass is 10.2. The van der Waals surface area contributed by atoms with Gasteiger partial charge in [0.1, 0.15) is 18.0 Å². The maximum absolute atomic E-state index is 12.7. The zero-order valence-corrected chi connectivity index (χ0v) is 20.5. The van der Waals surface area contributed by atoms with Gasteiger partial charge in [-0.05, 0) is 43.3 Å². The maximum atomic E-state index is 12.7. The van der Waals surface area contributed by atoms with Crippen LogP contribution in [0.5, 0.6) is 11.5 Å². The summed E-state index contributed by atoms with van der Waals surface area (Å²) in [5.74, 6) is 0.209. The van der Waals surface area contributed by atoms with Gasteiger partial charge in [-0.25, -0.2) is 0 Å². The second-order valence-corrected chi connectivity index (χ2v) is 9.38. The van der Waals surface area contributed by atoms with Gasteiger partial charge in [0.25, 0.3) is 16.0 Å². The third-order valence-electron chi connectivity index (χ3n) is 5.20. The fraction of sp³-hybridized carbons (Fsp3) is 0.381. The highest BCUT2D eigenvalue weighted by molar-refractivity contribution is 7.85. The summed E-state index contributed by atoms with van der Waals surface area (Å²) in [5.41, 5.74) is 0.906. The molecular weight excluding hydrogens is 486 g/mol. The SMILES string of the molecule is COC(=O)CN1C(=S)N(C)C(=O)/C1=C\C=C1\Oc2cc(OC)ccc2N1CCCCS(=O)(=O)O. The number of thiocarbonyl (C=S) groups is 1. The van der Waals surface area contributed by atoms with Crippen molar-refractivity contribution in [2.75, 3.05) is 45.0 Å². The Hall–Kier alpha value is -3.16. The molecule has 0 aliphatic carbocycles. The number of hydrogen-bond acceptors (Lipinski definition) is 9. The van der Waals surface area contributed by atoms with Gasteiger partial charge in [-0.3, -0.25) is 19.0 Å². The lowest BCUT2D eigenvalue weighted by Crippen LogP contribution is -2.33. The number of fused-ring (bicyclic) bond motifs is 1. The van der Waals surface area contributed by atoms with Crippen LogP contribution in [0.15, 0.2) is 41.9 Å². The summed E-state index contributed by atoms with van der Waals surface area (Å²) in [7, 11) is 0.245. The van der Waals surface area contributed by atoms with Gasteiger partial charge in [-0.1, -0.05) is 0 Å². The van der Waals surface area contributed by atoms with Gasteiger partial charge >= 0.3 is 5.97 Å². The number of likely N-dealkylation sites (N-methyl/N-ethyl adjacent to an activating group) is 1. The van der Waals surface area contributed by atoms with Crippen molar-refractivity contribution < 1.29 is 36.8 Å². The number of allylic oxidation sites excluding steroid dienone is 2. The average Bonchev–Trinajstić information content (AvgIpc) is 3.24. The molecule has 2 aliphatic rings. The van der Waals surface area contributed by atoms with E-state index in [1.807, 2.05) is 4.90 Å². The normalized spacial score (nSPS) is 18.1. The molecule has 184 valence electrons. The molecule has 1 N–H and O–H groups in total. The Labute approximate surface area is 202 Å². The third kappa shape index (κ3) is 5.66. The summed E-state index contributed by atoms with van der Waals surface area (Å²) in [4.78, 5) is 28.9. The fourth-order valence-corrected chi connectivity index (χ4v) is 4.25. The Morgan fingerprint density at radius 1 is 1.21 bits per heavy atom. The molecule has 1 aromatic carbocycles. The molecule has 1 saturated heterocycles. The van der Waals surface area contributed by atoms with Crippen molar-refractivity contribution in [3.05, 3.63) is 41.9 Å². The quantitative estimate of drug-likeness (QED) is 0.170. The summed E-state index contributed by atoms with van der Waals surface area (Å²) in [6.45, 7) is 0.167. The molecule has 0 saturated carbocycles. The maximum Gasteiger partial charge on any atom is 0.325 e. The number of ether oxygens (including phenoxy) is 3. The highest BCUT2D eigenvalue weighted by Crippen LogP contribution is 2.41. The van der Waals surface area contributed by atoms with E-state index in [-0.39, 0.29) is 35.4 Å². The van der Waals surface area contributed by atoms with Gasteiger partial charge in [0.2, 0.25) is 5.88 Å². The van der Waals surface area contributed by atoms with Crippen LogP contribution in [0, 0.1) is 0 Å². The zero-order valence-electron chi connectivity index (χ0n) is 18.9. The first kappa shape index (κ1) is 25.5. The van der Waals surface area contributed by atoms with Crippen molar-refractivity contribution in [1.29, 1.82) is 0 Å². The van der Waals surface area contributed by atoms with E-state index in [1.54, 1.807) is 24.3 Å². The molecule has 0 unspecified atom stereocenters. The molecule has 1 amide bonds. The standard InChI is InChI=1S/C21H25N3O8S2/c1-22-20(26)16(24(21(22)33)13-19(25)31-3)8-9-18-23(10-4-5-11-34(27,28)29)15-7-6-14(30-2)12-17(15)32-18/h6-9,12H,4-5,10-11,13H2,1-3H3,(H,27,28,29)/b16-8+,18-9+. The van der Waals surface area contributed by atoms with Crippen LogP contribution < -0.4 is 14.4 Å². The number of amides is 1. The van der Waals surface area contributed by atoms with Crippen LogP contribution in [-0.4, -0.2) is 79.9 Å². The van der Waals surface area contributed by atoms with Crippen molar-refractivity contribution in [2.45, 2.75) is 12.8 Å². The number of hydrogen-bond donors (Lipinski definition) is 1. The van der Waals surface area contributed by atoms with E-state index < -0.39 is 16.1 Å². The monoisotopic (exact) mass is 511 g/mol. The molecule has 2 aliphatic heterocycles. The highest BCUT2D eigenvalue weighted by Gasteiger charge is 2.37.